The van der Waals surface area contributed by atoms with Gasteiger partial charge in [-0.1, -0.05) is 0 Å². The van der Waals surface area contributed by atoms with E-state index in [2.05, 4.69) is 20.2 Å². The fourth-order valence-electron chi connectivity index (χ4n) is 2.31. The van der Waals surface area contributed by atoms with Gasteiger partial charge in [0.25, 0.3) is 0 Å². The summed E-state index contributed by atoms with van der Waals surface area (Å²) in [5.74, 6) is 1.66. The number of carbonyl (C=O) groups is 1. The second-order valence-electron chi connectivity index (χ2n) is 5.10. The average molecular weight is 293 g/mol. The maximum atomic E-state index is 11.4. The van der Waals surface area contributed by atoms with Crippen LogP contribution in [0.3, 0.4) is 0 Å². The highest BCUT2D eigenvalue weighted by molar-refractivity contribution is 5.73. The van der Waals surface area contributed by atoms with Crippen molar-refractivity contribution in [2.45, 2.75) is 13.8 Å². The standard InChI is InChI=1S/C14H23N5O2/c1-11-10-13(17-14(16-11)15-4-9-21-3)19-7-5-18(6-8-19)12(2)20/h10H,4-9H2,1-3H3,(H,15,16,17). The molecule has 2 heterocycles. The Labute approximate surface area is 125 Å². The van der Waals surface area contributed by atoms with E-state index in [0.29, 0.717) is 19.1 Å². The smallest absolute Gasteiger partial charge is 0.224 e. The van der Waals surface area contributed by atoms with Crippen LogP contribution in [-0.2, 0) is 9.53 Å². The summed E-state index contributed by atoms with van der Waals surface area (Å²) in [6.07, 6.45) is 0. The largest absolute Gasteiger partial charge is 0.383 e. The van der Waals surface area contributed by atoms with E-state index in [-0.39, 0.29) is 5.91 Å². The number of nitrogens with zero attached hydrogens (tertiary/aromatic N) is 4. The van der Waals surface area contributed by atoms with E-state index in [0.717, 1.165) is 37.7 Å². The van der Waals surface area contributed by atoms with E-state index in [1.165, 1.54) is 0 Å². The zero-order valence-corrected chi connectivity index (χ0v) is 12.9. The second-order valence-corrected chi connectivity index (χ2v) is 5.10. The van der Waals surface area contributed by atoms with Crippen molar-refractivity contribution in [2.24, 2.45) is 0 Å². The molecule has 0 spiro atoms. The van der Waals surface area contributed by atoms with Crippen molar-refractivity contribution in [1.82, 2.24) is 14.9 Å². The molecule has 0 unspecified atom stereocenters. The van der Waals surface area contributed by atoms with Gasteiger partial charge in [0.2, 0.25) is 11.9 Å². The van der Waals surface area contributed by atoms with E-state index in [9.17, 15) is 4.79 Å². The summed E-state index contributed by atoms with van der Waals surface area (Å²) in [6.45, 7) is 7.94. The first-order chi connectivity index (χ1) is 10.1. The van der Waals surface area contributed by atoms with Crippen LogP contribution in [0.4, 0.5) is 11.8 Å². The van der Waals surface area contributed by atoms with E-state index < -0.39 is 0 Å². The molecule has 2 rings (SSSR count). The maximum absolute atomic E-state index is 11.4. The molecule has 1 fully saturated rings. The second kappa shape index (κ2) is 7.21. The number of hydrogen-bond donors (Lipinski definition) is 1. The number of nitrogens with one attached hydrogen (secondary N) is 1. The highest BCUT2D eigenvalue weighted by Crippen LogP contribution is 2.16. The maximum Gasteiger partial charge on any atom is 0.224 e. The highest BCUT2D eigenvalue weighted by atomic mass is 16.5. The van der Waals surface area contributed by atoms with Crippen LogP contribution < -0.4 is 10.2 Å². The number of anilines is 2. The third-order valence-electron chi connectivity index (χ3n) is 3.48. The molecule has 0 aliphatic carbocycles. The Kier molecular flexibility index (Phi) is 5.32. The summed E-state index contributed by atoms with van der Waals surface area (Å²) < 4.78 is 5.01. The SMILES string of the molecule is COCCNc1nc(C)cc(N2CCN(C(C)=O)CC2)n1. The van der Waals surface area contributed by atoms with Crippen LogP contribution in [0.15, 0.2) is 6.07 Å². The quantitative estimate of drug-likeness (QED) is 0.798. The minimum Gasteiger partial charge on any atom is -0.383 e. The summed E-state index contributed by atoms with van der Waals surface area (Å²) in [4.78, 5) is 24.3. The van der Waals surface area contributed by atoms with Gasteiger partial charge in [0.15, 0.2) is 0 Å². The predicted octanol–water partition coefficient (Wildman–Crippen LogP) is 0.512. The molecule has 0 aromatic carbocycles. The highest BCUT2D eigenvalue weighted by Gasteiger charge is 2.20. The summed E-state index contributed by atoms with van der Waals surface area (Å²) in [7, 11) is 1.67. The fraction of sp³-hybridized carbons (Fsp3) is 0.643. The fourth-order valence-corrected chi connectivity index (χ4v) is 2.31. The van der Waals surface area contributed by atoms with E-state index in [4.69, 9.17) is 4.74 Å². The number of ether oxygens (including phenoxy) is 1. The predicted molar refractivity (Wildman–Crippen MR) is 81.6 cm³/mol. The molecule has 1 aliphatic heterocycles. The normalized spacial score (nSPS) is 15.2. The first-order valence-electron chi connectivity index (χ1n) is 7.19. The Balaban J connectivity index is 2.01. The summed E-state index contributed by atoms with van der Waals surface area (Å²) in [5, 5.41) is 3.15. The van der Waals surface area contributed by atoms with Gasteiger partial charge >= 0.3 is 0 Å². The van der Waals surface area contributed by atoms with Crippen molar-refractivity contribution in [1.29, 1.82) is 0 Å². The van der Waals surface area contributed by atoms with Crippen molar-refractivity contribution in [3.8, 4) is 0 Å². The minimum atomic E-state index is 0.135. The van der Waals surface area contributed by atoms with Crippen molar-refractivity contribution in [2.75, 3.05) is 56.7 Å². The molecule has 0 bridgehead atoms. The van der Waals surface area contributed by atoms with Crippen LogP contribution in [0.5, 0.6) is 0 Å². The molecule has 1 aromatic heterocycles. The molecule has 116 valence electrons. The van der Waals surface area contributed by atoms with Gasteiger partial charge in [0.1, 0.15) is 5.82 Å². The molecule has 1 saturated heterocycles. The molecule has 21 heavy (non-hydrogen) atoms. The number of methoxy groups -OCH3 is 1. The summed E-state index contributed by atoms with van der Waals surface area (Å²) in [6, 6.07) is 1.98. The first-order valence-corrected chi connectivity index (χ1v) is 7.19. The molecule has 0 radical (unpaired) electrons. The summed E-state index contributed by atoms with van der Waals surface area (Å²) >= 11 is 0. The Bertz CT molecular complexity index is 486. The molecule has 0 saturated carbocycles. The number of aromatic nitrogens is 2. The van der Waals surface area contributed by atoms with E-state index >= 15 is 0 Å². The third-order valence-corrected chi connectivity index (χ3v) is 3.48. The van der Waals surface area contributed by atoms with Gasteiger partial charge in [-0.15, -0.1) is 0 Å². The molecular formula is C14H23N5O2. The van der Waals surface area contributed by atoms with Crippen molar-refractivity contribution in [3.05, 3.63) is 11.8 Å². The van der Waals surface area contributed by atoms with E-state index in [1.54, 1.807) is 14.0 Å². The number of piperazine rings is 1. The van der Waals surface area contributed by atoms with Gasteiger partial charge in [0, 0.05) is 58.5 Å². The zero-order valence-electron chi connectivity index (χ0n) is 12.9. The number of amides is 1. The van der Waals surface area contributed by atoms with Crippen molar-refractivity contribution in [3.63, 3.8) is 0 Å². The zero-order chi connectivity index (χ0) is 15.2. The lowest BCUT2D eigenvalue weighted by Gasteiger charge is -2.35. The first kappa shape index (κ1) is 15.5. The molecule has 1 amide bonds. The lowest BCUT2D eigenvalue weighted by molar-refractivity contribution is -0.129. The molecule has 7 nitrogen and oxygen atoms in total. The lowest BCUT2D eigenvalue weighted by atomic mass is 10.3. The number of aryl methyl sites for hydroxylation is 1. The number of rotatable bonds is 5. The third kappa shape index (κ3) is 4.29. The molecule has 1 aromatic rings. The lowest BCUT2D eigenvalue weighted by Crippen LogP contribution is -2.48. The Hall–Kier alpha value is -1.89. The van der Waals surface area contributed by atoms with Crippen LogP contribution >= 0.6 is 0 Å². The van der Waals surface area contributed by atoms with Gasteiger partial charge in [-0.05, 0) is 6.92 Å². The number of carbonyl (C=O) groups excluding carboxylic acids is 1. The minimum absolute atomic E-state index is 0.135. The molecule has 1 aliphatic rings. The van der Waals surface area contributed by atoms with Gasteiger partial charge in [-0.3, -0.25) is 4.79 Å². The molecule has 7 heteroatoms. The van der Waals surface area contributed by atoms with Crippen LogP contribution in [-0.4, -0.2) is 67.2 Å². The topological polar surface area (TPSA) is 70.6 Å². The van der Waals surface area contributed by atoms with Gasteiger partial charge in [0.05, 0.1) is 6.61 Å². The van der Waals surface area contributed by atoms with Crippen molar-refractivity contribution < 1.29 is 9.53 Å². The van der Waals surface area contributed by atoms with Crippen LogP contribution in [0, 0.1) is 6.92 Å². The average Bonchev–Trinajstić information content (AvgIpc) is 2.47. The van der Waals surface area contributed by atoms with Crippen LogP contribution in [0.25, 0.3) is 0 Å². The summed E-state index contributed by atoms with van der Waals surface area (Å²) in [5.41, 5.74) is 0.925. The van der Waals surface area contributed by atoms with Gasteiger partial charge in [-0.25, -0.2) is 4.98 Å². The Morgan fingerprint density at radius 1 is 1.33 bits per heavy atom. The van der Waals surface area contributed by atoms with Gasteiger partial charge in [-0.2, -0.15) is 4.98 Å². The van der Waals surface area contributed by atoms with E-state index in [1.807, 2.05) is 17.9 Å². The van der Waals surface area contributed by atoms with Crippen LogP contribution in [0.1, 0.15) is 12.6 Å². The van der Waals surface area contributed by atoms with Gasteiger partial charge < -0.3 is 19.9 Å². The Morgan fingerprint density at radius 3 is 2.67 bits per heavy atom. The van der Waals surface area contributed by atoms with Crippen molar-refractivity contribution >= 4 is 17.7 Å². The molecule has 1 N–H and O–H groups in total. The molecular weight excluding hydrogens is 270 g/mol. The Morgan fingerprint density at radius 2 is 2.05 bits per heavy atom. The molecule has 0 atom stereocenters. The monoisotopic (exact) mass is 293 g/mol. The number of hydrogen-bond acceptors (Lipinski definition) is 6. The van der Waals surface area contributed by atoms with Crippen LogP contribution in [0.2, 0.25) is 0 Å².